The fourth-order valence-electron chi connectivity index (χ4n) is 1.31. The van der Waals surface area contributed by atoms with Crippen LogP contribution in [0, 0.1) is 6.42 Å². The lowest BCUT2D eigenvalue weighted by atomic mass is 10.1. The molecule has 0 amide bonds. The molecule has 0 saturated heterocycles. The number of hydrogen-bond acceptors (Lipinski definition) is 3. The molecule has 0 aliphatic rings. The normalized spacial score (nSPS) is 9.80. The van der Waals surface area contributed by atoms with E-state index in [1.807, 2.05) is 13.3 Å². The number of rotatable bonds is 5. The minimum Gasteiger partial charge on any atom is -0.493 e. The van der Waals surface area contributed by atoms with Gasteiger partial charge in [-0.05, 0) is 24.6 Å². The largest absolute Gasteiger partial charge is 0.493 e. The number of Topliss-reactive ketones (excluding diaryl/α,β-unsaturated/α-hetero) is 1. The first kappa shape index (κ1) is 11.6. The smallest absolute Gasteiger partial charge is 0.163 e. The average molecular weight is 207 g/mol. The quantitative estimate of drug-likeness (QED) is 0.696. The molecule has 3 nitrogen and oxygen atoms in total. The lowest BCUT2D eigenvalue weighted by Crippen LogP contribution is -2.00. The van der Waals surface area contributed by atoms with Crippen molar-refractivity contribution in [2.45, 2.75) is 13.3 Å². The van der Waals surface area contributed by atoms with Crippen molar-refractivity contribution in [2.75, 3.05) is 14.2 Å². The summed E-state index contributed by atoms with van der Waals surface area (Å²) in [4.78, 5) is 11.6. The Balaban J connectivity index is 2.97. The molecule has 1 aromatic rings. The van der Waals surface area contributed by atoms with Crippen molar-refractivity contribution in [3.63, 3.8) is 0 Å². The predicted octanol–water partition coefficient (Wildman–Crippen LogP) is 2.50. The monoisotopic (exact) mass is 207 g/mol. The zero-order valence-electron chi connectivity index (χ0n) is 9.24. The zero-order valence-corrected chi connectivity index (χ0v) is 9.24. The van der Waals surface area contributed by atoms with Crippen molar-refractivity contribution in [1.82, 2.24) is 0 Å². The molecule has 0 heterocycles. The molecule has 3 heteroatoms. The van der Waals surface area contributed by atoms with E-state index in [1.165, 1.54) is 0 Å². The first-order valence-corrected chi connectivity index (χ1v) is 4.76. The lowest BCUT2D eigenvalue weighted by Gasteiger charge is -2.08. The molecule has 0 aliphatic heterocycles. The van der Waals surface area contributed by atoms with Gasteiger partial charge in [0.05, 0.1) is 14.2 Å². The van der Waals surface area contributed by atoms with E-state index < -0.39 is 0 Å². The van der Waals surface area contributed by atoms with Crippen molar-refractivity contribution >= 4 is 5.78 Å². The Hall–Kier alpha value is -1.51. The van der Waals surface area contributed by atoms with Crippen molar-refractivity contribution in [2.24, 2.45) is 0 Å². The topological polar surface area (TPSA) is 35.5 Å². The van der Waals surface area contributed by atoms with Gasteiger partial charge in [0, 0.05) is 12.0 Å². The molecule has 0 fully saturated rings. The Labute approximate surface area is 90.0 Å². The molecule has 0 N–H and O–H groups in total. The number of carbonyl (C=O) groups is 1. The molecule has 1 rings (SSSR count). The summed E-state index contributed by atoms with van der Waals surface area (Å²) in [5, 5.41) is 0. The minimum absolute atomic E-state index is 0.0819. The highest BCUT2D eigenvalue weighted by atomic mass is 16.5. The van der Waals surface area contributed by atoms with Gasteiger partial charge in [0.2, 0.25) is 0 Å². The van der Waals surface area contributed by atoms with Crippen LogP contribution in [-0.2, 0) is 0 Å². The van der Waals surface area contributed by atoms with Crippen molar-refractivity contribution in [3.8, 4) is 11.5 Å². The number of methoxy groups -OCH3 is 2. The molecular weight excluding hydrogens is 192 g/mol. The van der Waals surface area contributed by atoms with E-state index in [1.54, 1.807) is 32.4 Å². The van der Waals surface area contributed by atoms with Gasteiger partial charge in [0.1, 0.15) is 0 Å². The number of carbonyl (C=O) groups excluding carboxylic acids is 1. The van der Waals surface area contributed by atoms with Crippen LogP contribution in [0.25, 0.3) is 0 Å². The summed E-state index contributed by atoms with van der Waals surface area (Å²) in [6.07, 6.45) is 2.27. The van der Waals surface area contributed by atoms with Crippen molar-refractivity contribution in [3.05, 3.63) is 30.2 Å². The van der Waals surface area contributed by atoms with Crippen LogP contribution in [0.15, 0.2) is 18.2 Å². The maximum atomic E-state index is 11.6. The van der Waals surface area contributed by atoms with E-state index in [0.29, 0.717) is 23.5 Å². The zero-order chi connectivity index (χ0) is 11.3. The molecular formula is C12H15O3. The van der Waals surface area contributed by atoms with Crippen LogP contribution < -0.4 is 9.47 Å². The molecule has 0 spiro atoms. The fourth-order valence-corrected chi connectivity index (χ4v) is 1.31. The molecule has 0 bridgehead atoms. The summed E-state index contributed by atoms with van der Waals surface area (Å²) in [5.74, 6) is 1.30. The van der Waals surface area contributed by atoms with Crippen LogP contribution in [0.2, 0.25) is 0 Å². The predicted molar refractivity (Wildman–Crippen MR) is 58.5 cm³/mol. The first-order valence-electron chi connectivity index (χ1n) is 4.76. The first-order chi connectivity index (χ1) is 7.22. The van der Waals surface area contributed by atoms with Crippen LogP contribution in [0.5, 0.6) is 11.5 Å². The van der Waals surface area contributed by atoms with Gasteiger partial charge >= 0.3 is 0 Å². The third-order valence-electron chi connectivity index (χ3n) is 2.10. The highest BCUT2D eigenvalue weighted by Gasteiger charge is 2.09. The molecule has 81 valence electrons. The summed E-state index contributed by atoms with van der Waals surface area (Å²) in [7, 11) is 3.12. The second-order valence-electron chi connectivity index (χ2n) is 3.11. The van der Waals surface area contributed by atoms with Crippen molar-refractivity contribution in [1.29, 1.82) is 0 Å². The molecule has 1 aromatic carbocycles. The van der Waals surface area contributed by atoms with Crippen LogP contribution in [0.4, 0.5) is 0 Å². The van der Waals surface area contributed by atoms with Crippen LogP contribution >= 0.6 is 0 Å². The van der Waals surface area contributed by atoms with Crippen LogP contribution in [0.3, 0.4) is 0 Å². The Bertz CT molecular complexity index is 345. The summed E-state index contributed by atoms with van der Waals surface area (Å²) in [6.45, 7) is 1.86. The average Bonchev–Trinajstić information content (AvgIpc) is 2.28. The van der Waals surface area contributed by atoms with Gasteiger partial charge < -0.3 is 9.47 Å². The standard InChI is InChI=1S/C12H15O3/c1-4-5-10(13)9-6-7-11(14-2)12(8-9)15-3/h4,6-8H,5H2,1-3H3. The Morgan fingerprint density at radius 3 is 2.47 bits per heavy atom. The second-order valence-corrected chi connectivity index (χ2v) is 3.11. The Kier molecular flexibility index (Phi) is 4.16. The number of ether oxygens (including phenoxy) is 2. The molecule has 0 aliphatic carbocycles. The lowest BCUT2D eigenvalue weighted by molar-refractivity contribution is 0.0991. The van der Waals surface area contributed by atoms with Gasteiger partial charge in [-0.1, -0.05) is 6.92 Å². The molecule has 15 heavy (non-hydrogen) atoms. The number of benzene rings is 1. The fraction of sp³-hybridized carbons (Fsp3) is 0.333. The SMILES string of the molecule is C[CH]CC(=O)c1ccc(OC)c(OC)c1. The van der Waals surface area contributed by atoms with Gasteiger partial charge in [-0.2, -0.15) is 0 Å². The number of ketones is 1. The van der Waals surface area contributed by atoms with Crippen molar-refractivity contribution < 1.29 is 14.3 Å². The van der Waals surface area contributed by atoms with E-state index in [-0.39, 0.29) is 5.78 Å². The third-order valence-corrected chi connectivity index (χ3v) is 2.10. The summed E-state index contributed by atoms with van der Waals surface area (Å²) < 4.78 is 10.2. The van der Waals surface area contributed by atoms with E-state index in [4.69, 9.17) is 9.47 Å². The van der Waals surface area contributed by atoms with E-state index >= 15 is 0 Å². The van der Waals surface area contributed by atoms with Gasteiger partial charge in [0.25, 0.3) is 0 Å². The molecule has 0 aromatic heterocycles. The molecule has 0 saturated carbocycles. The number of hydrogen-bond donors (Lipinski definition) is 0. The van der Waals surface area contributed by atoms with E-state index in [0.717, 1.165) is 0 Å². The van der Waals surface area contributed by atoms with Crippen LogP contribution in [0.1, 0.15) is 23.7 Å². The third kappa shape index (κ3) is 2.72. The summed E-state index contributed by atoms with van der Waals surface area (Å²) in [5.41, 5.74) is 0.644. The van der Waals surface area contributed by atoms with Crippen LogP contribution in [-0.4, -0.2) is 20.0 Å². The second kappa shape index (κ2) is 5.39. The van der Waals surface area contributed by atoms with Gasteiger partial charge in [-0.15, -0.1) is 0 Å². The van der Waals surface area contributed by atoms with Gasteiger partial charge in [-0.25, -0.2) is 0 Å². The Morgan fingerprint density at radius 2 is 1.93 bits per heavy atom. The maximum Gasteiger partial charge on any atom is 0.163 e. The minimum atomic E-state index is 0.0819. The highest BCUT2D eigenvalue weighted by Crippen LogP contribution is 2.27. The summed E-state index contributed by atoms with van der Waals surface area (Å²) in [6, 6.07) is 5.18. The van der Waals surface area contributed by atoms with Gasteiger partial charge in [-0.3, -0.25) is 4.79 Å². The molecule has 1 radical (unpaired) electrons. The molecule has 0 unspecified atom stereocenters. The molecule has 0 atom stereocenters. The summed E-state index contributed by atoms with van der Waals surface area (Å²) >= 11 is 0. The Morgan fingerprint density at radius 1 is 1.27 bits per heavy atom. The van der Waals surface area contributed by atoms with Gasteiger partial charge in [0.15, 0.2) is 17.3 Å². The highest BCUT2D eigenvalue weighted by molar-refractivity contribution is 5.97. The maximum absolute atomic E-state index is 11.6. The van der Waals surface area contributed by atoms with E-state index in [2.05, 4.69) is 0 Å². The van der Waals surface area contributed by atoms with E-state index in [9.17, 15) is 4.79 Å².